The van der Waals surface area contributed by atoms with E-state index in [9.17, 15) is 0 Å². The minimum atomic E-state index is -0.365. The molecule has 0 aromatic heterocycles. The zero-order valence-electron chi connectivity index (χ0n) is 23.0. The van der Waals surface area contributed by atoms with Gasteiger partial charge in [-0.2, -0.15) is 17.7 Å². The Balaban J connectivity index is 0.00000324. The molecule has 0 aliphatic carbocycles. The molecule has 0 spiro atoms. The van der Waals surface area contributed by atoms with E-state index in [2.05, 4.69) is 121 Å². The maximum atomic E-state index is 2.45. The fourth-order valence-electron chi connectivity index (χ4n) is 5.74. The van der Waals surface area contributed by atoms with Crippen LogP contribution in [0, 0.1) is 41.5 Å². The van der Waals surface area contributed by atoms with Crippen LogP contribution >= 0.6 is 0 Å². The Morgan fingerprint density at radius 3 is 1.19 bits per heavy atom. The van der Waals surface area contributed by atoms with Crippen molar-refractivity contribution in [1.82, 2.24) is 0 Å². The van der Waals surface area contributed by atoms with Crippen LogP contribution < -0.4 is 37.2 Å². The van der Waals surface area contributed by atoms with E-state index in [4.69, 9.17) is 0 Å². The van der Waals surface area contributed by atoms with E-state index in [1.807, 2.05) is 0 Å². The quantitative estimate of drug-likeness (QED) is 0.164. The van der Waals surface area contributed by atoms with Gasteiger partial charge in [-0.3, -0.25) is 0 Å². The molecule has 0 atom stereocenters. The third-order valence-electron chi connectivity index (χ3n) is 6.75. The van der Waals surface area contributed by atoms with Crippen LogP contribution in [0.5, 0.6) is 0 Å². The Morgan fingerprint density at radius 1 is 0.568 bits per heavy atom. The SMILES string of the molecule is CCCc1cc[c-](C(c2cc(C)cc(C)c2)(c2cc(C)cc(C)c2)c2cc(C)cc(C)c2)c1.[Cl-].[Cl-].[Cl-].[Ti+4]. The summed E-state index contributed by atoms with van der Waals surface area (Å²) in [4.78, 5) is 0. The third kappa shape index (κ3) is 7.37. The molecular formula is C33H37Cl3Ti. The molecule has 0 N–H and O–H groups in total. The topological polar surface area (TPSA) is 0 Å². The number of aryl methyl sites for hydroxylation is 7. The summed E-state index contributed by atoms with van der Waals surface area (Å²) in [5.41, 5.74) is 14.3. The Morgan fingerprint density at radius 2 is 0.892 bits per heavy atom. The minimum Gasteiger partial charge on any atom is -1.00 e. The van der Waals surface area contributed by atoms with Gasteiger partial charge >= 0.3 is 21.7 Å². The predicted molar refractivity (Wildman–Crippen MR) is 143 cm³/mol. The molecule has 4 rings (SSSR count). The van der Waals surface area contributed by atoms with E-state index in [0.29, 0.717) is 0 Å². The van der Waals surface area contributed by atoms with Gasteiger partial charge in [-0.15, -0.1) is 5.56 Å². The summed E-state index contributed by atoms with van der Waals surface area (Å²) in [6.07, 6.45) is 2.27. The van der Waals surface area contributed by atoms with E-state index in [-0.39, 0.29) is 64.4 Å². The standard InChI is InChI=1S/C33H37.3ClH.Ti/c1-8-9-28-10-11-29(21-28)33(30-15-22(2)12-23(3)16-30,31-17-24(4)13-25(5)18-31)32-19-26(6)14-27(7)20-32;;;;/h10-21H,8-9H2,1-7H3;3*1H;/q-1;;;;+4/p-3. The van der Waals surface area contributed by atoms with Gasteiger partial charge in [0.25, 0.3) is 0 Å². The predicted octanol–water partition coefficient (Wildman–Crippen LogP) is -0.399. The molecule has 0 nitrogen and oxygen atoms in total. The molecular weight excluding hydrogens is 551 g/mol. The summed E-state index contributed by atoms with van der Waals surface area (Å²) in [5, 5.41) is 0. The van der Waals surface area contributed by atoms with Crippen molar-refractivity contribution in [3.63, 3.8) is 0 Å². The summed E-state index contributed by atoms with van der Waals surface area (Å²) in [6.45, 7) is 15.6. The van der Waals surface area contributed by atoms with Crippen LogP contribution in [0.4, 0.5) is 0 Å². The van der Waals surface area contributed by atoms with Crippen LogP contribution in [0.3, 0.4) is 0 Å². The van der Waals surface area contributed by atoms with Crippen molar-refractivity contribution >= 4 is 0 Å². The second-order valence-electron chi connectivity index (χ2n) is 10.1. The van der Waals surface area contributed by atoms with Crippen LogP contribution in [0.2, 0.25) is 0 Å². The summed E-state index contributed by atoms with van der Waals surface area (Å²) < 4.78 is 0. The van der Waals surface area contributed by atoms with Crippen LogP contribution in [0.1, 0.15) is 74.5 Å². The fraction of sp³-hybridized carbons (Fsp3) is 0.303. The van der Waals surface area contributed by atoms with Gasteiger partial charge in [0, 0.05) is 5.41 Å². The van der Waals surface area contributed by atoms with Crippen molar-refractivity contribution < 1.29 is 58.9 Å². The van der Waals surface area contributed by atoms with Crippen molar-refractivity contribution in [2.75, 3.05) is 0 Å². The van der Waals surface area contributed by atoms with Gasteiger partial charge in [0.1, 0.15) is 0 Å². The first-order valence-electron chi connectivity index (χ1n) is 12.2. The van der Waals surface area contributed by atoms with Gasteiger partial charge < -0.3 is 37.2 Å². The molecule has 0 radical (unpaired) electrons. The number of benzene rings is 3. The molecule has 0 saturated heterocycles. The second kappa shape index (κ2) is 14.7. The van der Waals surface area contributed by atoms with Crippen LogP contribution in [-0.4, -0.2) is 0 Å². The maximum Gasteiger partial charge on any atom is 4.00 e. The number of halogens is 3. The average Bonchev–Trinajstić information content (AvgIpc) is 3.15. The van der Waals surface area contributed by atoms with E-state index in [0.717, 1.165) is 12.8 Å². The van der Waals surface area contributed by atoms with Gasteiger partial charge in [-0.25, -0.2) is 6.07 Å². The van der Waals surface area contributed by atoms with Crippen molar-refractivity contribution in [2.24, 2.45) is 0 Å². The van der Waals surface area contributed by atoms with Gasteiger partial charge in [-0.05, 0) is 58.2 Å². The summed E-state index contributed by atoms with van der Waals surface area (Å²) in [6, 6.07) is 28.4. The van der Waals surface area contributed by atoms with Gasteiger partial charge in [0.05, 0.1) is 0 Å². The van der Waals surface area contributed by atoms with Gasteiger partial charge in [-0.1, -0.05) is 108 Å². The van der Waals surface area contributed by atoms with Crippen LogP contribution in [-0.2, 0) is 33.6 Å². The Kier molecular flexibility index (Phi) is 14.1. The average molecular weight is 588 g/mol. The molecule has 0 aliphatic rings. The molecule has 0 heterocycles. The molecule has 0 fully saturated rings. The van der Waals surface area contributed by atoms with E-state index in [1.165, 1.54) is 61.2 Å². The largest absolute Gasteiger partial charge is 4.00 e. The second-order valence-corrected chi connectivity index (χ2v) is 10.1. The molecule has 0 saturated carbocycles. The van der Waals surface area contributed by atoms with Crippen molar-refractivity contribution in [1.29, 1.82) is 0 Å². The van der Waals surface area contributed by atoms with E-state index >= 15 is 0 Å². The summed E-state index contributed by atoms with van der Waals surface area (Å²) in [7, 11) is 0. The minimum absolute atomic E-state index is 0. The van der Waals surface area contributed by atoms with Gasteiger partial charge in [0.2, 0.25) is 0 Å². The molecule has 0 amide bonds. The normalized spacial score (nSPS) is 10.5. The molecule has 4 heteroatoms. The molecule has 4 aromatic rings. The molecule has 37 heavy (non-hydrogen) atoms. The fourth-order valence-corrected chi connectivity index (χ4v) is 5.74. The zero-order valence-corrected chi connectivity index (χ0v) is 26.8. The Hall–Kier alpha value is -1.41. The van der Waals surface area contributed by atoms with Gasteiger partial charge in [0.15, 0.2) is 0 Å². The van der Waals surface area contributed by atoms with Crippen molar-refractivity contribution in [3.8, 4) is 0 Å². The Labute approximate surface area is 258 Å². The summed E-state index contributed by atoms with van der Waals surface area (Å²) >= 11 is 0. The first-order chi connectivity index (χ1) is 15.7. The van der Waals surface area contributed by atoms with Crippen molar-refractivity contribution in [2.45, 2.75) is 66.7 Å². The van der Waals surface area contributed by atoms with Crippen LogP contribution in [0.25, 0.3) is 0 Å². The number of hydrogen-bond donors (Lipinski definition) is 0. The van der Waals surface area contributed by atoms with Crippen LogP contribution in [0.15, 0.2) is 72.8 Å². The molecule has 4 aromatic carbocycles. The monoisotopic (exact) mass is 586 g/mol. The number of rotatable bonds is 6. The zero-order chi connectivity index (χ0) is 23.8. The first kappa shape index (κ1) is 35.6. The third-order valence-corrected chi connectivity index (χ3v) is 6.75. The smallest absolute Gasteiger partial charge is 1.00 e. The Bertz CT molecular complexity index is 1120. The first-order valence-corrected chi connectivity index (χ1v) is 12.2. The molecule has 0 unspecified atom stereocenters. The summed E-state index contributed by atoms with van der Waals surface area (Å²) in [5.74, 6) is 0. The number of hydrogen-bond acceptors (Lipinski definition) is 0. The van der Waals surface area contributed by atoms with Crippen molar-refractivity contribution in [3.05, 3.63) is 134 Å². The molecule has 0 aliphatic heterocycles. The molecule has 0 bridgehead atoms. The van der Waals surface area contributed by atoms with E-state index < -0.39 is 0 Å². The van der Waals surface area contributed by atoms with E-state index in [1.54, 1.807) is 0 Å². The maximum absolute atomic E-state index is 2.45. The molecule has 194 valence electrons.